The number of carbonyl (C=O) groups is 2. The highest BCUT2D eigenvalue weighted by Crippen LogP contribution is 2.27. The van der Waals surface area contributed by atoms with Gasteiger partial charge in [-0.25, -0.2) is 13.6 Å². The van der Waals surface area contributed by atoms with E-state index in [1.165, 1.54) is 0 Å². The average molecular weight is 283 g/mol. The van der Waals surface area contributed by atoms with Crippen LogP contribution in [0.2, 0.25) is 0 Å². The first-order valence-electron chi connectivity index (χ1n) is 6.50. The van der Waals surface area contributed by atoms with Gasteiger partial charge in [-0.1, -0.05) is 0 Å². The number of halogens is 2. The predicted octanol–water partition coefficient (Wildman–Crippen LogP) is 2.31. The van der Waals surface area contributed by atoms with Gasteiger partial charge in [-0.3, -0.25) is 4.79 Å². The number of rotatable bonds is 4. The molecule has 0 atom stereocenters. The standard InChI is InChI=1S/C14H15F2NO3/c1-2-20-14(19)13(18)9-7-10(15)11(16)8-12(9)17-5-3-4-6-17/h7-8H,2-6H2,1H3. The summed E-state index contributed by atoms with van der Waals surface area (Å²) in [4.78, 5) is 25.3. The van der Waals surface area contributed by atoms with Crippen LogP contribution in [0, 0.1) is 11.6 Å². The molecule has 4 nitrogen and oxygen atoms in total. The molecule has 0 unspecified atom stereocenters. The molecule has 1 aromatic rings. The molecule has 2 rings (SSSR count). The van der Waals surface area contributed by atoms with Gasteiger partial charge in [0, 0.05) is 19.2 Å². The van der Waals surface area contributed by atoms with Crippen LogP contribution in [0.25, 0.3) is 0 Å². The first-order valence-corrected chi connectivity index (χ1v) is 6.50. The van der Waals surface area contributed by atoms with E-state index in [0.717, 1.165) is 25.0 Å². The van der Waals surface area contributed by atoms with Crippen LogP contribution in [0.3, 0.4) is 0 Å². The molecule has 1 heterocycles. The smallest absolute Gasteiger partial charge is 0.379 e. The van der Waals surface area contributed by atoms with Gasteiger partial charge >= 0.3 is 5.97 Å². The molecule has 6 heteroatoms. The minimum absolute atomic E-state index is 0.0489. The summed E-state index contributed by atoms with van der Waals surface area (Å²) in [5, 5.41) is 0. The molecule has 1 aliphatic heterocycles. The van der Waals surface area contributed by atoms with Crippen molar-refractivity contribution >= 4 is 17.4 Å². The van der Waals surface area contributed by atoms with E-state index in [-0.39, 0.29) is 17.9 Å². The Hall–Kier alpha value is -1.98. The summed E-state index contributed by atoms with van der Waals surface area (Å²) in [7, 11) is 0. The molecular formula is C14H15F2NO3. The van der Waals surface area contributed by atoms with Gasteiger partial charge in [0.05, 0.1) is 17.9 Å². The fraction of sp³-hybridized carbons (Fsp3) is 0.429. The molecule has 0 bridgehead atoms. The molecule has 1 aromatic carbocycles. The Kier molecular flexibility index (Phi) is 4.32. The Morgan fingerprint density at radius 2 is 1.80 bits per heavy atom. The number of ketones is 1. The summed E-state index contributed by atoms with van der Waals surface area (Å²) in [5.74, 6) is -4.19. The third kappa shape index (κ3) is 2.79. The summed E-state index contributed by atoms with van der Waals surface area (Å²) in [6.45, 7) is 2.91. The Morgan fingerprint density at radius 3 is 2.40 bits per heavy atom. The zero-order chi connectivity index (χ0) is 14.7. The highest BCUT2D eigenvalue weighted by Gasteiger charge is 2.26. The molecule has 0 saturated carbocycles. The second kappa shape index (κ2) is 5.98. The van der Waals surface area contributed by atoms with Gasteiger partial charge in [-0.2, -0.15) is 0 Å². The van der Waals surface area contributed by atoms with Gasteiger partial charge in [0.25, 0.3) is 5.78 Å². The lowest BCUT2D eigenvalue weighted by Gasteiger charge is -2.20. The van der Waals surface area contributed by atoms with E-state index in [9.17, 15) is 18.4 Å². The zero-order valence-corrected chi connectivity index (χ0v) is 11.1. The Morgan fingerprint density at radius 1 is 1.20 bits per heavy atom. The Balaban J connectivity index is 2.41. The van der Waals surface area contributed by atoms with Crippen molar-refractivity contribution < 1.29 is 23.1 Å². The van der Waals surface area contributed by atoms with Gasteiger partial charge < -0.3 is 9.64 Å². The minimum Gasteiger partial charge on any atom is -0.460 e. The maximum atomic E-state index is 13.4. The van der Waals surface area contributed by atoms with E-state index < -0.39 is 23.4 Å². The average Bonchev–Trinajstić information content (AvgIpc) is 2.94. The predicted molar refractivity (Wildman–Crippen MR) is 68.8 cm³/mol. The third-order valence-corrected chi connectivity index (χ3v) is 3.19. The third-order valence-electron chi connectivity index (χ3n) is 3.19. The molecule has 0 aliphatic carbocycles. The minimum atomic E-state index is -1.15. The second-order valence-electron chi connectivity index (χ2n) is 4.53. The van der Waals surface area contributed by atoms with Gasteiger partial charge in [0.15, 0.2) is 11.6 Å². The molecule has 0 N–H and O–H groups in total. The molecule has 1 aliphatic rings. The number of Topliss-reactive ketones (excluding diaryl/α,β-unsaturated/α-hetero) is 1. The normalized spacial score (nSPS) is 14.4. The summed E-state index contributed by atoms with van der Waals surface area (Å²) in [6.07, 6.45) is 1.82. The van der Waals surface area contributed by atoms with E-state index >= 15 is 0 Å². The zero-order valence-electron chi connectivity index (χ0n) is 11.1. The topological polar surface area (TPSA) is 46.6 Å². The molecule has 20 heavy (non-hydrogen) atoms. The summed E-state index contributed by atoms with van der Waals surface area (Å²) >= 11 is 0. The van der Waals surface area contributed by atoms with E-state index in [4.69, 9.17) is 0 Å². The van der Waals surface area contributed by atoms with E-state index in [1.807, 2.05) is 0 Å². The van der Waals surface area contributed by atoms with Crippen molar-refractivity contribution in [3.8, 4) is 0 Å². The lowest BCUT2D eigenvalue weighted by molar-refractivity contribution is -0.137. The van der Waals surface area contributed by atoms with Crippen LogP contribution in [0.15, 0.2) is 12.1 Å². The van der Waals surface area contributed by atoms with Crippen LogP contribution in [-0.4, -0.2) is 31.4 Å². The van der Waals surface area contributed by atoms with Gasteiger partial charge in [0.2, 0.25) is 0 Å². The summed E-state index contributed by atoms with van der Waals surface area (Å²) < 4.78 is 31.4. The number of nitrogens with zero attached hydrogens (tertiary/aromatic N) is 1. The van der Waals surface area contributed by atoms with Crippen LogP contribution in [0.5, 0.6) is 0 Å². The maximum absolute atomic E-state index is 13.4. The van der Waals surface area contributed by atoms with Gasteiger partial charge in [0.1, 0.15) is 0 Å². The fourth-order valence-electron chi connectivity index (χ4n) is 2.24. The number of benzene rings is 1. The summed E-state index contributed by atoms with van der Waals surface area (Å²) in [5.41, 5.74) is 0.101. The van der Waals surface area contributed by atoms with Crippen molar-refractivity contribution in [1.82, 2.24) is 0 Å². The van der Waals surface area contributed by atoms with Crippen LogP contribution >= 0.6 is 0 Å². The van der Waals surface area contributed by atoms with Crippen molar-refractivity contribution in [2.75, 3.05) is 24.6 Å². The molecule has 1 saturated heterocycles. The van der Waals surface area contributed by atoms with Crippen molar-refractivity contribution in [3.05, 3.63) is 29.3 Å². The number of carbonyl (C=O) groups excluding carboxylic acids is 2. The van der Waals surface area contributed by atoms with Crippen molar-refractivity contribution in [2.24, 2.45) is 0 Å². The first kappa shape index (κ1) is 14.4. The quantitative estimate of drug-likeness (QED) is 0.483. The lowest BCUT2D eigenvalue weighted by atomic mass is 10.1. The molecular weight excluding hydrogens is 268 g/mol. The highest BCUT2D eigenvalue weighted by molar-refractivity contribution is 6.41. The second-order valence-corrected chi connectivity index (χ2v) is 4.53. The lowest BCUT2D eigenvalue weighted by Crippen LogP contribution is -2.25. The number of anilines is 1. The monoisotopic (exact) mass is 283 g/mol. The molecule has 0 aromatic heterocycles. The largest absolute Gasteiger partial charge is 0.460 e. The molecule has 0 spiro atoms. The molecule has 108 valence electrons. The summed E-state index contributed by atoms with van der Waals surface area (Å²) in [6, 6.07) is 1.73. The van der Waals surface area contributed by atoms with Crippen molar-refractivity contribution in [2.45, 2.75) is 19.8 Å². The van der Waals surface area contributed by atoms with Crippen LogP contribution in [-0.2, 0) is 9.53 Å². The number of hydrogen-bond donors (Lipinski definition) is 0. The number of esters is 1. The first-order chi connectivity index (χ1) is 9.54. The van der Waals surface area contributed by atoms with Gasteiger partial charge in [-0.05, 0) is 25.8 Å². The SMILES string of the molecule is CCOC(=O)C(=O)c1cc(F)c(F)cc1N1CCCC1. The van der Waals surface area contributed by atoms with Crippen molar-refractivity contribution in [3.63, 3.8) is 0 Å². The number of ether oxygens (including phenoxy) is 1. The molecule has 0 radical (unpaired) electrons. The molecule has 0 amide bonds. The van der Waals surface area contributed by atoms with Gasteiger partial charge in [-0.15, -0.1) is 0 Å². The van der Waals surface area contributed by atoms with Crippen LogP contribution in [0.4, 0.5) is 14.5 Å². The van der Waals surface area contributed by atoms with E-state index in [2.05, 4.69) is 4.74 Å². The highest BCUT2D eigenvalue weighted by atomic mass is 19.2. The molecule has 1 fully saturated rings. The Bertz CT molecular complexity index is 539. The Labute approximate surface area is 115 Å². The fourth-order valence-corrected chi connectivity index (χ4v) is 2.24. The van der Waals surface area contributed by atoms with Crippen molar-refractivity contribution in [1.29, 1.82) is 0 Å². The maximum Gasteiger partial charge on any atom is 0.379 e. The van der Waals surface area contributed by atoms with Crippen LogP contribution < -0.4 is 4.90 Å². The van der Waals surface area contributed by atoms with Crippen LogP contribution in [0.1, 0.15) is 30.1 Å². The van der Waals surface area contributed by atoms with E-state index in [0.29, 0.717) is 13.1 Å². The number of hydrogen-bond acceptors (Lipinski definition) is 4. The van der Waals surface area contributed by atoms with E-state index in [1.54, 1.807) is 11.8 Å².